The second-order valence-corrected chi connectivity index (χ2v) is 9.77. The van der Waals surface area contributed by atoms with E-state index in [0.717, 1.165) is 64.2 Å². The minimum atomic E-state index is -0.346. The second kappa shape index (κ2) is 9.79. The smallest absolute Gasteiger partial charge is 0.207 e. The topological polar surface area (TPSA) is 48.1 Å². The van der Waals surface area contributed by atoms with Crippen molar-refractivity contribution in [3.8, 4) is 0 Å². The summed E-state index contributed by atoms with van der Waals surface area (Å²) in [6.45, 7) is 4.93. The second-order valence-electron chi connectivity index (χ2n) is 9.77. The number of rotatable bonds is 9. The Kier molecular flexibility index (Phi) is 7.02. The van der Waals surface area contributed by atoms with E-state index in [4.69, 9.17) is 4.74 Å². The van der Waals surface area contributed by atoms with Gasteiger partial charge in [0.05, 0.1) is 24.3 Å². The molecule has 1 N–H and O–H groups in total. The van der Waals surface area contributed by atoms with E-state index in [9.17, 15) is 9.18 Å². The minimum Gasteiger partial charge on any atom is -0.378 e. The fourth-order valence-corrected chi connectivity index (χ4v) is 5.53. The highest BCUT2D eigenvalue weighted by atomic mass is 19.1. The molecule has 0 spiro atoms. The third kappa shape index (κ3) is 5.05. The lowest BCUT2D eigenvalue weighted by atomic mass is 9.58. The molecule has 2 fully saturated rings. The number of anilines is 1. The van der Waals surface area contributed by atoms with E-state index in [2.05, 4.69) is 51.3 Å². The lowest BCUT2D eigenvalue weighted by Crippen LogP contribution is -2.70. The van der Waals surface area contributed by atoms with Crippen molar-refractivity contribution >= 4 is 12.1 Å². The van der Waals surface area contributed by atoms with Gasteiger partial charge in [-0.3, -0.25) is 14.6 Å². The van der Waals surface area contributed by atoms with Crippen LogP contribution in [0.2, 0.25) is 0 Å². The highest BCUT2D eigenvalue weighted by molar-refractivity contribution is 5.50. The van der Waals surface area contributed by atoms with Crippen LogP contribution in [0.15, 0.2) is 48.5 Å². The van der Waals surface area contributed by atoms with Crippen LogP contribution in [0.4, 0.5) is 10.1 Å². The molecule has 7 heteroatoms. The molecule has 1 amide bonds. The summed E-state index contributed by atoms with van der Waals surface area (Å²) >= 11 is 0. The number of benzene rings is 2. The molecule has 2 aromatic rings. The quantitative estimate of drug-likeness (QED) is 0.591. The van der Waals surface area contributed by atoms with E-state index in [0.29, 0.717) is 0 Å². The summed E-state index contributed by atoms with van der Waals surface area (Å²) in [5, 5.41) is 3.10. The van der Waals surface area contributed by atoms with Crippen LogP contribution in [0.5, 0.6) is 0 Å². The number of nitrogens with zero attached hydrogens (tertiary/aromatic N) is 3. The molecule has 6 nitrogen and oxygen atoms in total. The lowest BCUT2D eigenvalue weighted by molar-refractivity contribution is -0.117. The molecule has 2 aromatic carbocycles. The molecule has 1 aliphatic carbocycles. The van der Waals surface area contributed by atoms with E-state index < -0.39 is 0 Å². The SMILES string of the molecule is CN(Cc1ccc(N2CCOCC2)cc1)CC1(NC=O)CC(c2cccc(F)c2)(N(C)C)C1. The highest BCUT2D eigenvalue weighted by Crippen LogP contribution is 2.51. The average molecular weight is 455 g/mol. The maximum absolute atomic E-state index is 14.0. The molecule has 1 heterocycles. The first kappa shape index (κ1) is 23.7. The molecule has 1 saturated carbocycles. The number of hydrogen-bond donors (Lipinski definition) is 1. The largest absolute Gasteiger partial charge is 0.378 e. The van der Waals surface area contributed by atoms with Crippen LogP contribution < -0.4 is 10.2 Å². The minimum absolute atomic E-state index is 0.229. The summed E-state index contributed by atoms with van der Waals surface area (Å²) in [6, 6.07) is 15.5. The van der Waals surface area contributed by atoms with Crippen LogP contribution in [0.1, 0.15) is 24.0 Å². The van der Waals surface area contributed by atoms with E-state index in [1.54, 1.807) is 12.1 Å². The predicted molar refractivity (Wildman–Crippen MR) is 129 cm³/mol. The normalized spacial score (nSPS) is 25.2. The average Bonchev–Trinajstić information content (AvgIpc) is 2.78. The van der Waals surface area contributed by atoms with Gasteiger partial charge in [0, 0.05) is 31.9 Å². The zero-order valence-corrected chi connectivity index (χ0v) is 19.9. The van der Waals surface area contributed by atoms with Crippen LogP contribution in [-0.2, 0) is 21.6 Å². The number of morpholine rings is 1. The van der Waals surface area contributed by atoms with Crippen LogP contribution in [0.25, 0.3) is 0 Å². The zero-order chi connectivity index (χ0) is 23.5. The molecule has 0 bridgehead atoms. The number of carbonyl (C=O) groups excluding carboxylic acids is 1. The van der Waals surface area contributed by atoms with Crippen LogP contribution >= 0.6 is 0 Å². The summed E-state index contributed by atoms with van der Waals surface area (Å²) in [6.07, 6.45) is 2.27. The van der Waals surface area contributed by atoms with Gasteiger partial charge in [0.15, 0.2) is 0 Å². The fraction of sp³-hybridized carbons (Fsp3) is 0.500. The standard InChI is InChI=1S/C26H35FN4O2/c1-29(2)26(22-5-4-6-23(27)15-22)17-25(18-26,28-20-32)19-30(3)16-21-7-9-24(10-8-21)31-11-13-33-14-12-31/h4-10,15,20H,11-14,16-19H2,1-3H3,(H,28,32). The molecule has 33 heavy (non-hydrogen) atoms. The highest BCUT2D eigenvalue weighted by Gasteiger charge is 2.57. The summed E-state index contributed by atoms with van der Waals surface area (Å²) in [4.78, 5) is 18.2. The van der Waals surface area contributed by atoms with Crippen molar-refractivity contribution in [3.63, 3.8) is 0 Å². The van der Waals surface area contributed by atoms with Gasteiger partial charge in [0.1, 0.15) is 5.82 Å². The van der Waals surface area contributed by atoms with Crippen LogP contribution in [0.3, 0.4) is 0 Å². The van der Waals surface area contributed by atoms with E-state index in [1.165, 1.54) is 17.3 Å². The Labute approximate surface area is 196 Å². The summed E-state index contributed by atoms with van der Waals surface area (Å²) in [7, 11) is 6.13. The Hall–Kier alpha value is -2.48. The Morgan fingerprint density at radius 2 is 1.79 bits per heavy atom. The number of ether oxygens (including phenoxy) is 1. The zero-order valence-electron chi connectivity index (χ0n) is 19.9. The van der Waals surface area contributed by atoms with Crippen molar-refractivity contribution in [1.29, 1.82) is 0 Å². The Balaban J connectivity index is 1.42. The van der Waals surface area contributed by atoms with E-state index >= 15 is 0 Å². The van der Waals surface area contributed by atoms with E-state index in [1.807, 2.05) is 20.2 Å². The van der Waals surface area contributed by atoms with Crippen molar-refractivity contribution in [2.24, 2.45) is 0 Å². The maximum Gasteiger partial charge on any atom is 0.207 e. The molecule has 1 saturated heterocycles. The molecule has 0 aromatic heterocycles. The Morgan fingerprint density at radius 1 is 1.09 bits per heavy atom. The first-order valence-corrected chi connectivity index (χ1v) is 11.6. The van der Waals surface area contributed by atoms with Crippen molar-refractivity contribution in [1.82, 2.24) is 15.1 Å². The number of hydrogen-bond acceptors (Lipinski definition) is 5. The van der Waals surface area contributed by atoms with Gasteiger partial charge in [0.25, 0.3) is 0 Å². The monoisotopic (exact) mass is 454 g/mol. The third-order valence-corrected chi connectivity index (χ3v) is 7.18. The maximum atomic E-state index is 14.0. The van der Waals surface area contributed by atoms with Crippen LogP contribution in [-0.4, -0.2) is 75.7 Å². The fourth-order valence-electron chi connectivity index (χ4n) is 5.53. The Bertz CT molecular complexity index is 938. The van der Waals surface area contributed by atoms with Crippen molar-refractivity contribution < 1.29 is 13.9 Å². The molecule has 1 aliphatic heterocycles. The van der Waals surface area contributed by atoms with Crippen molar-refractivity contribution in [2.75, 3.05) is 58.9 Å². The number of amides is 1. The van der Waals surface area contributed by atoms with Gasteiger partial charge in [-0.15, -0.1) is 0 Å². The number of likely N-dealkylation sites (N-methyl/N-ethyl adjacent to an activating group) is 1. The Morgan fingerprint density at radius 3 is 2.39 bits per heavy atom. The molecular weight excluding hydrogens is 419 g/mol. The van der Waals surface area contributed by atoms with Gasteiger partial charge in [-0.2, -0.15) is 0 Å². The third-order valence-electron chi connectivity index (χ3n) is 7.18. The van der Waals surface area contributed by atoms with Crippen molar-refractivity contribution in [2.45, 2.75) is 30.5 Å². The first-order chi connectivity index (χ1) is 15.9. The van der Waals surface area contributed by atoms with Gasteiger partial charge in [0.2, 0.25) is 6.41 Å². The number of carbonyl (C=O) groups is 1. The van der Waals surface area contributed by atoms with Crippen LogP contribution in [0, 0.1) is 5.82 Å². The molecule has 2 aliphatic rings. The number of nitrogens with one attached hydrogen (secondary N) is 1. The molecular formula is C26H35FN4O2. The summed E-state index contributed by atoms with van der Waals surface area (Å²) < 4.78 is 19.4. The summed E-state index contributed by atoms with van der Waals surface area (Å²) in [5.74, 6) is -0.229. The lowest BCUT2D eigenvalue weighted by Gasteiger charge is -2.60. The molecule has 0 atom stereocenters. The molecule has 0 unspecified atom stereocenters. The first-order valence-electron chi connectivity index (χ1n) is 11.6. The van der Waals surface area contributed by atoms with Gasteiger partial charge in [-0.1, -0.05) is 24.3 Å². The molecule has 178 valence electrons. The predicted octanol–water partition coefficient (Wildman–Crippen LogP) is 2.83. The van der Waals surface area contributed by atoms with Crippen molar-refractivity contribution in [3.05, 3.63) is 65.5 Å². The van der Waals surface area contributed by atoms with Gasteiger partial charge < -0.3 is 15.0 Å². The molecule has 4 rings (SSSR count). The number of halogens is 1. The summed E-state index contributed by atoms with van der Waals surface area (Å²) in [5.41, 5.74) is 2.78. The van der Waals surface area contributed by atoms with Gasteiger partial charge in [-0.25, -0.2) is 4.39 Å². The van der Waals surface area contributed by atoms with Gasteiger partial charge >= 0.3 is 0 Å². The van der Waals surface area contributed by atoms with E-state index in [-0.39, 0.29) is 16.9 Å². The molecule has 0 radical (unpaired) electrons. The van der Waals surface area contributed by atoms with Gasteiger partial charge in [-0.05, 0) is 69.4 Å².